The lowest BCUT2D eigenvalue weighted by Gasteiger charge is -2.31. The Morgan fingerprint density at radius 3 is 1.98 bits per heavy atom. The van der Waals surface area contributed by atoms with E-state index in [2.05, 4.69) is 161 Å². The highest BCUT2D eigenvalue weighted by Crippen LogP contribution is 2.63. The third-order valence-corrected chi connectivity index (χ3v) is 10.9. The number of nitrogens with zero attached hydrogens (tertiary/aromatic N) is 3. The van der Waals surface area contributed by atoms with Crippen LogP contribution in [0.25, 0.3) is 44.7 Å². The van der Waals surface area contributed by atoms with Crippen molar-refractivity contribution < 1.29 is 0 Å². The van der Waals surface area contributed by atoms with Crippen LogP contribution in [0.5, 0.6) is 0 Å². The Morgan fingerprint density at radius 1 is 0.667 bits per heavy atom. The van der Waals surface area contributed by atoms with Gasteiger partial charge in [0.25, 0.3) is 0 Å². The van der Waals surface area contributed by atoms with E-state index < -0.39 is 5.41 Å². The minimum absolute atomic E-state index is 0.429. The number of aromatic nitrogens is 1. The Hall–Kier alpha value is -5.71. The van der Waals surface area contributed by atoms with Gasteiger partial charge < -0.3 is 4.31 Å². The first-order chi connectivity index (χ1) is 23.7. The molecule has 4 heteroatoms. The second-order valence-electron chi connectivity index (χ2n) is 12.4. The van der Waals surface area contributed by atoms with Crippen LogP contribution in [0.2, 0.25) is 0 Å². The smallest absolute Gasteiger partial charge is 0.0725 e. The van der Waals surface area contributed by atoms with Crippen molar-refractivity contribution in [3.05, 3.63) is 192 Å². The van der Waals surface area contributed by atoms with E-state index in [1.165, 1.54) is 66.8 Å². The van der Waals surface area contributed by atoms with Gasteiger partial charge in [0, 0.05) is 35.6 Å². The van der Waals surface area contributed by atoms with Crippen molar-refractivity contribution >= 4 is 29.9 Å². The fourth-order valence-corrected chi connectivity index (χ4v) is 8.81. The summed E-state index contributed by atoms with van der Waals surface area (Å²) in [6, 6.07) is 44.5. The normalized spacial score (nSPS) is 14.6. The maximum atomic E-state index is 4.28. The lowest BCUT2D eigenvalue weighted by atomic mass is 9.70. The number of hydrogen-bond donors (Lipinski definition) is 0. The second-order valence-corrected chi connectivity index (χ2v) is 13.5. The summed E-state index contributed by atoms with van der Waals surface area (Å²) >= 11 is 1.70. The minimum atomic E-state index is -0.429. The lowest BCUT2D eigenvalue weighted by molar-refractivity contribution is 0.693. The van der Waals surface area contributed by atoms with Gasteiger partial charge in [-0.3, -0.25) is 9.98 Å². The summed E-state index contributed by atoms with van der Waals surface area (Å²) in [6.45, 7) is 8.61. The van der Waals surface area contributed by atoms with Crippen molar-refractivity contribution in [1.29, 1.82) is 0 Å². The molecule has 3 nitrogen and oxygen atoms in total. The van der Waals surface area contributed by atoms with E-state index in [4.69, 9.17) is 0 Å². The molecular weight excluding hydrogens is 603 g/mol. The van der Waals surface area contributed by atoms with Crippen LogP contribution in [0.3, 0.4) is 0 Å². The number of pyridine rings is 1. The molecular formula is C44H31N3S. The van der Waals surface area contributed by atoms with Crippen molar-refractivity contribution in [2.75, 3.05) is 6.54 Å². The van der Waals surface area contributed by atoms with Gasteiger partial charge in [0.15, 0.2) is 0 Å². The van der Waals surface area contributed by atoms with Crippen LogP contribution >= 0.6 is 11.9 Å². The van der Waals surface area contributed by atoms with E-state index in [9.17, 15) is 0 Å². The van der Waals surface area contributed by atoms with Gasteiger partial charge in [-0.1, -0.05) is 110 Å². The molecule has 48 heavy (non-hydrogen) atoms. The summed E-state index contributed by atoms with van der Waals surface area (Å²) in [6.07, 6.45) is 10.5. The fraction of sp³-hybridized carbons (Fsp3) is 0.0455. The highest BCUT2D eigenvalue weighted by Gasteiger charge is 2.51. The van der Waals surface area contributed by atoms with Crippen LogP contribution in [-0.2, 0) is 5.41 Å². The van der Waals surface area contributed by atoms with Gasteiger partial charge >= 0.3 is 0 Å². The molecule has 1 aromatic heterocycles. The first-order valence-electron chi connectivity index (χ1n) is 16.1. The summed E-state index contributed by atoms with van der Waals surface area (Å²) in [5.74, 6) is 0. The summed E-state index contributed by atoms with van der Waals surface area (Å²) in [5, 5.41) is 0. The molecule has 6 aromatic rings. The Labute approximate surface area is 285 Å². The second kappa shape index (κ2) is 11.2. The van der Waals surface area contributed by atoms with Crippen molar-refractivity contribution in [2.45, 2.75) is 10.3 Å². The SMILES string of the molecule is C=NC(=C)c1ccccc1SN1C=C(c2ccc3c(c2)C2(c4ccccc4-c4ccccc42)c2cc(-c4ccncc4)ccc2-3)C=CC1. The van der Waals surface area contributed by atoms with Crippen molar-refractivity contribution in [3.8, 4) is 33.4 Å². The summed E-state index contributed by atoms with van der Waals surface area (Å²) in [4.78, 5) is 9.49. The molecule has 0 N–H and O–H groups in total. The van der Waals surface area contributed by atoms with Crippen LogP contribution in [0, 0.1) is 0 Å². The number of hydrogen-bond acceptors (Lipinski definition) is 4. The minimum Gasteiger partial charge on any atom is -0.315 e. The van der Waals surface area contributed by atoms with E-state index in [-0.39, 0.29) is 0 Å². The number of benzene rings is 5. The molecule has 0 radical (unpaired) electrons. The molecule has 3 aliphatic rings. The largest absolute Gasteiger partial charge is 0.315 e. The summed E-state index contributed by atoms with van der Waals surface area (Å²) in [5.41, 5.74) is 16.5. The van der Waals surface area contributed by atoms with Crippen LogP contribution < -0.4 is 0 Å². The van der Waals surface area contributed by atoms with Gasteiger partial charge in [0.2, 0.25) is 0 Å². The van der Waals surface area contributed by atoms with Crippen LogP contribution in [0.4, 0.5) is 0 Å². The fourth-order valence-electron chi connectivity index (χ4n) is 7.81. The quantitative estimate of drug-likeness (QED) is 0.135. The maximum Gasteiger partial charge on any atom is 0.0725 e. The Kier molecular flexibility index (Phi) is 6.66. The van der Waals surface area contributed by atoms with Crippen molar-refractivity contribution in [2.24, 2.45) is 4.99 Å². The molecule has 5 aromatic carbocycles. The first-order valence-corrected chi connectivity index (χ1v) is 16.9. The van der Waals surface area contributed by atoms with Gasteiger partial charge in [0.1, 0.15) is 0 Å². The zero-order valence-corrected chi connectivity index (χ0v) is 27.1. The average molecular weight is 634 g/mol. The number of allylic oxidation sites excluding steroid dienone is 2. The van der Waals surface area contributed by atoms with Crippen LogP contribution in [-0.4, -0.2) is 22.6 Å². The molecule has 0 bridgehead atoms. The molecule has 0 amide bonds. The van der Waals surface area contributed by atoms with Gasteiger partial charge in [-0.25, -0.2) is 0 Å². The van der Waals surface area contributed by atoms with Gasteiger partial charge in [-0.15, -0.1) is 0 Å². The Bertz CT molecular complexity index is 2300. The molecule has 1 spiro atoms. The monoisotopic (exact) mass is 633 g/mol. The number of aliphatic imine (C=N–C) groups is 1. The van der Waals surface area contributed by atoms with E-state index >= 15 is 0 Å². The molecule has 1 aliphatic heterocycles. The van der Waals surface area contributed by atoms with Gasteiger partial charge in [-0.2, -0.15) is 0 Å². The van der Waals surface area contributed by atoms with Gasteiger partial charge in [-0.05, 0) is 116 Å². The predicted molar refractivity (Wildman–Crippen MR) is 201 cm³/mol. The zero-order chi connectivity index (χ0) is 32.2. The van der Waals surface area contributed by atoms with E-state index in [1.807, 2.05) is 18.5 Å². The topological polar surface area (TPSA) is 28.5 Å². The van der Waals surface area contributed by atoms with Crippen molar-refractivity contribution in [3.63, 3.8) is 0 Å². The third-order valence-electron chi connectivity index (χ3n) is 9.91. The number of rotatable bonds is 6. The molecule has 9 rings (SSSR count). The molecule has 0 saturated heterocycles. The van der Waals surface area contributed by atoms with E-state index in [0.29, 0.717) is 5.70 Å². The zero-order valence-electron chi connectivity index (χ0n) is 26.3. The number of fused-ring (bicyclic) bond motifs is 10. The Morgan fingerprint density at radius 2 is 1.27 bits per heavy atom. The Balaban J connectivity index is 1.22. The molecule has 2 aliphatic carbocycles. The van der Waals surface area contributed by atoms with Gasteiger partial charge in [0.05, 0.1) is 11.1 Å². The van der Waals surface area contributed by atoms with Crippen LogP contribution in [0.1, 0.15) is 33.4 Å². The lowest BCUT2D eigenvalue weighted by Crippen LogP contribution is -2.26. The standard InChI is InChI=1S/C44H31N3S/c1-29(45-2)34-11-5-8-16-43(34)48-47-25-9-10-33(28-47)32-18-20-38-37-19-17-31(30-21-23-46-24-22-30)26-41(37)44(42(38)27-32)39-14-6-3-12-35(39)36-13-4-7-15-40(36)44/h3-24,26-28H,1-2,25H2. The molecule has 228 valence electrons. The summed E-state index contributed by atoms with van der Waals surface area (Å²) in [7, 11) is 0. The van der Waals surface area contributed by atoms with Crippen molar-refractivity contribution in [1.82, 2.24) is 9.29 Å². The highest BCUT2D eigenvalue weighted by atomic mass is 32.2. The first kappa shape index (κ1) is 28.5. The molecule has 0 fully saturated rings. The third kappa shape index (κ3) is 4.23. The van der Waals surface area contributed by atoms with Crippen LogP contribution in [0.15, 0.2) is 169 Å². The van der Waals surface area contributed by atoms with E-state index in [1.54, 1.807) is 11.9 Å². The van der Waals surface area contributed by atoms with E-state index in [0.717, 1.165) is 17.0 Å². The molecule has 0 atom stereocenters. The molecule has 2 heterocycles. The summed E-state index contributed by atoms with van der Waals surface area (Å²) < 4.78 is 2.28. The average Bonchev–Trinajstić information content (AvgIpc) is 3.62. The highest BCUT2D eigenvalue weighted by molar-refractivity contribution is 7.97. The maximum absolute atomic E-state index is 4.28. The molecule has 0 unspecified atom stereocenters. The predicted octanol–water partition coefficient (Wildman–Crippen LogP) is 10.7. The molecule has 0 saturated carbocycles.